The first-order valence-electron chi connectivity index (χ1n) is 10.9. The average Bonchev–Trinajstić information content (AvgIpc) is 3.33. The number of hydrogen-bond acceptors (Lipinski definition) is 5. The van der Waals surface area contributed by atoms with Crippen molar-refractivity contribution < 1.29 is 19.0 Å². The molecule has 0 radical (unpaired) electrons. The molecule has 0 fully saturated rings. The average molecular weight is 492 g/mol. The molecule has 0 unspecified atom stereocenters. The Hall–Kier alpha value is -4.17. The van der Waals surface area contributed by atoms with Crippen LogP contribution in [-0.4, -0.2) is 29.8 Å². The number of rotatable bonds is 6. The number of hydrogen-bond donors (Lipinski definition) is 2. The van der Waals surface area contributed by atoms with Gasteiger partial charge in [-0.05, 0) is 66.2 Å². The second-order valence-corrected chi connectivity index (χ2v) is 8.49. The number of nitrogens with zero attached hydrogens (tertiary/aromatic N) is 1. The number of aromatic nitrogens is 1. The van der Waals surface area contributed by atoms with E-state index < -0.39 is 0 Å². The monoisotopic (exact) mass is 491 g/mol. The number of carbonyl (C=O) groups is 1. The minimum absolute atomic E-state index is 0.0797. The minimum Gasteiger partial charge on any atom is -0.497 e. The molecule has 2 heterocycles. The summed E-state index contributed by atoms with van der Waals surface area (Å²) in [6, 6.07) is 19.2. The van der Waals surface area contributed by atoms with Gasteiger partial charge in [0.05, 0.1) is 13.7 Å². The van der Waals surface area contributed by atoms with Crippen LogP contribution in [0.2, 0.25) is 5.02 Å². The van der Waals surface area contributed by atoms with Gasteiger partial charge < -0.3 is 29.4 Å². The quantitative estimate of drug-likeness (QED) is 0.389. The van der Waals surface area contributed by atoms with Gasteiger partial charge in [0.2, 0.25) is 6.79 Å². The van der Waals surface area contributed by atoms with Crippen LogP contribution in [0.4, 0.5) is 10.5 Å². The Morgan fingerprint density at radius 3 is 2.63 bits per heavy atom. The summed E-state index contributed by atoms with van der Waals surface area (Å²) in [5, 5.41) is 4.25. The minimum atomic E-state index is -0.366. The molecule has 2 amide bonds. The Morgan fingerprint density at radius 1 is 1.03 bits per heavy atom. The van der Waals surface area contributed by atoms with E-state index in [9.17, 15) is 9.59 Å². The van der Waals surface area contributed by atoms with E-state index in [1.54, 1.807) is 54.5 Å². The molecule has 2 N–H and O–H groups in total. The van der Waals surface area contributed by atoms with Gasteiger partial charge in [-0.2, -0.15) is 0 Å². The summed E-state index contributed by atoms with van der Waals surface area (Å²) < 4.78 is 16.2. The van der Waals surface area contributed by atoms with Gasteiger partial charge in [0.15, 0.2) is 11.5 Å². The highest BCUT2D eigenvalue weighted by Crippen LogP contribution is 2.33. The summed E-state index contributed by atoms with van der Waals surface area (Å²) in [6.07, 6.45) is 0. The van der Waals surface area contributed by atoms with Crippen LogP contribution >= 0.6 is 11.6 Å². The van der Waals surface area contributed by atoms with Gasteiger partial charge in [0, 0.05) is 33.7 Å². The van der Waals surface area contributed by atoms with Gasteiger partial charge in [-0.1, -0.05) is 17.7 Å². The van der Waals surface area contributed by atoms with Gasteiger partial charge in [0.1, 0.15) is 5.75 Å². The molecule has 1 aliphatic rings. The highest BCUT2D eigenvalue weighted by Gasteiger charge is 2.20. The third-order valence-corrected chi connectivity index (χ3v) is 5.93. The molecule has 3 aromatic carbocycles. The molecule has 1 aliphatic heterocycles. The Labute approximate surface area is 206 Å². The second kappa shape index (κ2) is 9.60. The van der Waals surface area contributed by atoms with E-state index in [1.807, 2.05) is 24.3 Å². The fourth-order valence-corrected chi connectivity index (χ4v) is 4.00. The number of methoxy groups -OCH3 is 1. The van der Waals surface area contributed by atoms with Gasteiger partial charge in [-0.3, -0.25) is 4.79 Å². The summed E-state index contributed by atoms with van der Waals surface area (Å²) in [6.45, 7) is 0.484. The molecule has 5 rings (SSSR count). The van der Waals surface area contributed by atoms with Crippen LogP contribution in [0, 0.1) is 0 Å². The Morgan fingerprint density at radius 2 is 1.83 bits per heavy atom. The molecule has 0 saturated carbocycles. The van der Waals surface area contributed by atoms with Crippen molar-refractivity contribution in [2.45, 2.75) is 13.1 Å². The van der Waals surface area contributed by atoms with E-state index in [0.29, 0.717) is 39.0 Å². The van der Waals surface area contributed by atoms with Crippen LogP contribution in [0.15, 0.2) is 71.5 Å². The summed E-state index contributed by atoms with van der Waals surface area (Å²) in [7, 11) is 1.59. The maximum atomic E-state index is 13.3. The van der Waals surface area contributed by atoms with E-state index >= 15 is 0 Å². The van der Waals surface area contributed by atoms with Crippen LogP contribution in [0.3, 0.4) is 0 Å². The van der Waals surface area contributed by atoms with E-state index in [1.165, 1.54) is 0 Å². The normalized spacial score (nSPS) is 11.9. The van der Waals surface area contributed by atoms with E-state index in [0.717, 1.165) is 10.9 Å². The lowest BCUT2D eigenvalue weighted by molar-refractivity contribution is 0.174. The number of ether oxygens (including phenoxy) is 3. The third kappa shape index (κ3) is 5.02. The molecule has 0 spiro atoms. The van der Waals surface area contributed by atoms with Crippen molar-refractivity contribution in [3.63, 3.8) is 0 Å². The number of aromatic amines is 1. The molecule has 1 aromatic heterocycles. The van der Waals surface area contributed by atoms with Crippen LogP contribution in [0.5, 0.6) is 17.2 Å². The number of nitrogens with one attached hydrogen (secondary N) is 2. The van der Waals surface area contributed by atoms with Crippen molar-refractivity contribution in [3.8, 4) is 17.2 Å². The maximum Gasteiger partial charge on any atom is 0.322 e. The molecular weight excluding hydrogens is 470 g/mol. The lowest BCUT2D eigenvalue weighted by Crippen LogP contribution is -2.35. The van der Waals surface area contributed by atoms with Crippen molar-refractivity contribution in [2.75, 3.05) is 19.2 Å². The first kappa shape index (κ1) is 22.6. The SMILES string of the molecule is COc1ccc2[nH]c(=O)c(CN(Cc3ccc4c(c3)OCO4)C(=O)Nc3ccc(Cl)cc3)cc2c1. The molecule has 178 valence electrons. The number of benzene rings is 3. The van der Waals surface area contributed by atoms with Gasteiger partial charge in [0.25, 0.3) is 5.56 Å². The number of carbonyl (C=O) groups excluding carboxylic acids is 1. The summed E-state index contributed by atoms with van der Waals surface area (Å²) in [5.41, 5.74) is 2.29. The fourth-order valence-electron chi connectivity index (χ4n) is 3.87. The summed E-state index contributed by atoms with van der Waals surface area (Å²) in [5.74, 6) is 1.95. The summed E-state index contributed by atoms with van der Waals surface area (Å²) >= 11 is 5.97. The van der Waals surface area contributed by atoms with Gasteiger partial charge in [-0.25, -0.2) is 4.79 Å². The highest BCUT2D eigenvalue weighted by molar-refractivity contribution is 6.30. The highest BCUT2D eigenvalue weighted by atomic mass is 35.5. The van der Waals surface area contributed by atoms with Crippen molar-refractivity contribution in [1.82, 2.24) is 9.88 Å². The molecule has 0 aliphatic carbocycles. The first-order valence-corrected chi connectivity index (χ1v) is 11.3. The molecule has 0 atom stereocenters. The van der Waals surface area contributed by atoms with Crippen LogP contribution < -0.4 is 25.1 Å². The van der Waals surface area contributed by atoms with Crippen molar-refractivity contribution >= 4 is 34.2 Å². The Bertz CT molecular complexity index is 1450. The lowest BCUT2D eigenvalue weighted by Gasteiger charge is -2.23. The molecule has 35 heavy (non-hydrogen) atoms. The number of fused-ring (bicyclic) bond motifs is 2. The van der Waals surface area contributed by atoms with Crippen molar-refractivity contribution in [3.05, 3.63) is 93.2 Å². The zero-order valence-corrected chi connectivity index (χ0v) is 19.6. The number of halogens is 1. The van der Waals surface area contributed by atoms with Crippen LogP contribution in [0.25, 0.3) is 10.9 Å². The molecule has 0 bridgehead atoms. The van der Waals surface area contributed by atoms with Crippen LogP contribution in [-0.2, 0) is 13.1 Å². The van der Waals surface area contributed by atoms with Gasteiger partial charge >= 0.3 is 6.03 Å². The largest absolute Gasteiger partial charge is 0.497 e. The van der Waals surface area contributed by atoms with Crippen molar-refractivity contribution in [1.29, 1.82) is 0 Å². The Kier molecular flexibility index (Phi) is 6.20. The number of amides is 2. The molecule has 8 nitrogen and oxygen atoms in total. The van der Waals surface area contributed by atoms with E-state index in [-0.39, 0.29) is 31.5 Å². The predicted octanol–water partition coefficient (Wildman–Crippen LogP) is 5.15. The third-order valence-electron chi connectivity index (χ3n) is 5.68. The second-order valence-electron chi connectivity index (χ2n) is 8.06. The smallest absolute Gasteiger partial charge is 0.322 e. The first-order chi connectivity index (χ1) is 17.0. The Balaban J connectivity index is 1.46. The molecule has 0 saturated heterocycles. The number of H-pyrrole nitrogens is 1. The number of anilines is 1. The predicted molar refractivity (Wildman–Crippen MR) is 133 cm³/mol. The van der Waals surface area contributed by atoms with Crippen molar-refractivity contribution in [2.24, 2.45) is 0 Å². The molecular formula is C26H22ClN3O5. The van der Waals surface area contributed by atoms with Gasteiger partial charge in [-0.15, -0.1) is 0 Å². The topological polar surface area (TPSA) is 92.9 Å². The fraction of sp³-hybridized carbons (Fsp3) is 0.154. The summed E-state index contributed by atoms with van der Waals surface area (Å²) in [4.78, 5) is 30.6. The van der Waals surface area contributed by atoms with E-state index in [2.05, 4.69) is 10.3 Å². The van der Waals surface area contributed by atoms with Crippen LogP contribution in [0.1, 0.15) is 11.1 Å². The lowest BCUT2D eigenvalue weighted by atomic mass is 10.1. The number of urea groups is 1. The molecule has 4 aromatic rings. The molecule has 9 heteroatoms. The number of pyridine rings is 1. The standard InChI is InChI=1S/C26H22ClN3O5/c1-33-21-7-8-22-17(12-21)11-18(25(31)29-22)14-30(26(32)28-20-5-3-19(27)4-6-20)13-16-2-9-23-24(10-16)35-15-34-23/h2-12H,13-15H2,1H3,(H,28,32)(H,29,31). The van der Waals surface area contributed by atoms with E-state index in [4.69, 9.17) is 25.8 Å². The zero-order valence-electron chi connectivity index (χ0n) is 18.8. The zero-order chi connectivity index (χ0) is 24.4. The maximum absolute atomic E-state index is 13.3.